The number of nitrogens with zero attached hydrogens (tertiary/aromatic N) is 3. The number of carbonyl (C=O) groups is 1. The van der Waals surface area contributed by atoms with Crippen molar-refractivity contribution in [3.05, 3.63) is 33.9 Å². The number of hydrogen-bond acceptors (Lipinski definition) is 7. The first kappa shape index (κ1) is 19.6. The van der Waals surface area contributed by atoms with Gasteiger partial charge < -0.3 is 9.64 Å². The Bertz CT molecular complexity index is 833. The molecule has 1 aromatic carbocycles. The van der Waals surface area contributed by atoms with Crippen molar-refractivity contribution in [2.24, 2.45) is 0 Å². The van der Waals surface area contributed by atoms with Crippen LogP contribution >= 0.6 is 0 Å². The Balaban J connectivity index is 1.52. The lowest BCUT2D eigenvalue weighted by Crippen LogP contribution is -2.53. The van der Waals surface area contributed by atoms with Crippen LogP contribution in [0.25, 0.3) is 0 Å². The first-order valence-electron chi connectivity index (χ1n) is 8.85. The number of carbonyl (C=O) groups excluding carboxylic acids is 1. The molecule has 0 spiro atoms. The van der Waals surface area contributed by atoms with Crippen molar-refractivity contribution in [2.75, 3.05) is 44.3 Å². The number of sulfone groups is 1. The molecule has 1 aromatic rings. The highest BCUT2D eigenvalue weighted by Gasteiger charge is 2.34. The quantitative estimate of drug-likeness (QED) is 0.529. The minimum absolute atomic E-state index is 0.0402. The largest absolute Gasteiger partial charge is 0.477 e. The van der Waals surface area contributed by atoms with Crippen molar-refractivity contribution in [2.45, 2.75) is 19.4 Å². The van der Waals surface area contributed by atoms with Gasteiger partial charge in [-0.25, -0.2) is 8.42 Å². The second-order valence-electron chi connectivity index (χ2n) is 6.99. The lowest BCUT2D eigenvalue weighted by molar-refractivity contribution is -0.385. The summed E-state index contributed by atoms with van der Waals surface area (Å²) in [6.45, 7) is 3.76. The molecule has 0 bridgehead atoms. The monoisotopic (exact) mass is 397 g/mol. The molecule has 27 heavy (non-hydrogen) atoms. The highest BCUT2D eigenvalue weighted by atomic mass is 32.2. The van der Waals surface area contributed by atoms with Crippen LogP contribution in [0.15, 0.2) is 18.2 Å². The van der Waals surface area contributed by atoms with Gasteiger partial charge in [0.1, 0.15) is 0 Å². The Morgan fingerprint density at radius 1 is 1.30 bits per heavy atom. The van der Waals surface area contributed by atoms with Crippen molar-refractivity contribution in [3.63, 3.8) is 0 Å². The van der Waals surface area contributed by atoms with Gasteiger partial charge in [0.25, 0.3) is 5.91 Å². The van der Waals surface area contributed by atoms with Gasteiger partial charge in [-0.15, -0.1) is 0 Å². The van der Waals surface area contributed by atoms with E-state index in [0.29, 0.717) is 32.6 Å². The van der Waals surface area contributed by atoms with Crippen LogP contribution in [0.3, 0.4) is 0 Å². The normalized spacial score (nSPS) is 22.6. The highest BCUT2D eigenvalue weighted by molar-refractivity contribution is 7.91. The van der Waals surface area contributed by atoms with Crippen molar-refractivity contribution in [1.29, 1.82) is 0 Å². The first-order valence-corrected chi connectivity index (χ1v) is 10.7. The molecular formula is C17H23N3O6S. The van der Waals surface area contributed by atoms with Crippen LogP contribution in [-0.4, -0.2) is 79.4 Å². The Labute approximate surface area is 158 Å². The molecule has 2 saturated heterocycles. The van der Waals surface area contributed by atoms with E-state index in [1.807, 2.05) is 0 Å². The number of aryl methyl sites for hydroxylation is 1. The lowest BCUT2D eigenvalue weighted by atomic mass is 10.2. The molecule has 148 valence electrons. The minimum Gasteiger partial charge on any atom is -0.477 e. The van der Waals surface area contributed by atoms with Crippen molar-refractivity contribution >= 4 is 21.4 Å². The third-order valence-corrected chi connectivity index (χ3v) is 6.81. The molecule has 1 amide bonds. The standard InChI is InChI=1S/C17H23N3O6S/c1-13-2-3-15(20(22)23)16(10-13)26-11-17(21)19-7-5-18(6-8-19)14-4-9-27(24,25)12-14/h2-3,10,14H,4-9,11-12H2,1H3. The summed E-state index contributed by atoms with van der Waals surface area (Å²) in [6.07, 6.45) is 0.649. The fourth-order valence-corrected chi connectivity index (χ4v) is 5.28. The molecule has 10 heteroatoms. The zero-order chi connectivity index (χ0) is 19.6. The summed E-state index contributed by atoms with van der Waals surface area (Å²) in [4.78, 5) is 26.7. The Morgan fingerprint density at radius 2 is 2.00 bits per heavy atom. The average molecular weight is 397 g/mol. The average Bonchev–Trinajstić information content (AvgIpc) is 2.99. The third-order valence-electron chi connectivity index (χ3n) is 5.05. The molecule has 1 unspecified atom stereocenters. The van der Waals surface area contributed by atoms with E-state index in [1.165, 1.54) is 6.07 Å². The van der Waals surface area contributed by atoms with Crippen LogP contribution in [0.4, 0.5) is 5.69 Å². The smallest absolute Gasteiger partial charge is 0.310 e. The van der Waals surface area contributed by atoms with Gasteiger partial charge in [0.2, 0.25) is 0 Å². The van der Waals surface area contributed by atoms with E-state index in [2.05, 4.69) is 4.90 Å². The molecule has 2 heterocycles. The first-order chi connectivity index (χ1) is 12.7. The molecule has 0 aromatic heterocycles. The van der Waals surface area contributed by atoms with Gasteiger partial charge in [-0.05, 0) is 25.0 Å². The predicted octanol–water partition coefficient (Wildman–Crippen LogP) is 0.613. The maximum atomic E-state index is 12.4. The van der Waals surface area contributed by atoms with Gasteiger partial charge in [0.05, 0.1) is 16.4 Å². The van der Waals surface area contributed by atoms with Gasteiger partial charge >= 0.3 is 5.69 Å². The lowest BCUT2D eigenvalue weighted by Gasteiger charge is -2.37. The summed E-state index contributed by atoms with van der Waals surface area (Å²) in [7, 11) is -2.93. The number of amides is 1. The molecule has 0 saturated carbocycles. The molecule has 2 aliphatic rings. The second-order valence-corrected chi connectivity index (χ2v) is 9.22. The van der Waals surface area contributed by atoms with Crippen LogP contribution in [0.2, 0.25) is 0 Å². The van der Waals surface area contributed by atoms with Crippen LogP contribution in [-0.2, 0) is 14.6 Å². The zero-order valence-corrected chi connectivity index (χ0v) is 16.0. The summed E-state index contributed by atoms with van der Waals surface area (Å²) in [5.74, 6) is 0.286. The summed E-state index contributed by atoms with van der Waals surface area (Å²) < 4.78 is 28.7. The highest BCUT2D eigenvalue weighted by Crippen LogP contribution is 2.27. The summed E-state index contributed by atoms with van der Waals surface area (Å²) in [5.41, 5.74) is 0.642. The molecule has 1 atom stereocenters. The molecule has 0 N–H and O–H groups in total. The van der Waals surface area contributed by atoms with Crippen LogP contribution < -0.4 is 4.74 Å². The Kier molecular flexibility index (Phi) is 5.66. The number of piperazine rings is 1. The SMILES string of the molecule is Cc1ccc([N+](=O)[O-])c(OCC(=O)N2CCN(C3CCS(=O)(=O)C3)CC2)c1. The second kappa shape index (κ2) is 7.81. The van der Waals surface area contributed by atoms with Gasteiger partial charge in [-0.3, -0.25) is 19.8 Å². The summed E-state index contributed by atoms with van der Waals surface area (Å²) >= 11 is 0. The maximum Gasteiger partial charge on any atom is 0.310 e. The fraction of sp³-hybridized carbons (Fsp3) is 0.588. The van der Waals surface area contributed by atoms with Crippen LogP contribution in [0.5, 0.6) is 5.75 Å². The van der Waals surface area contributed by atoms with Crippen LogP contribution in [0.1, 0.15) is 12.0 Å². The number of rotatable bonds is 5. The van der Waals surface area contributed by atoms with Gasteiger partial charge in [-0.2, -0.15) is 0 Å². The van der Waals surface area contributed by atoms with E-state index >= 15 is 0 Å². The number of ether oxygens (including phenoxy) is 1. The van der Waals surface area contributed by atoms with Crippen LogP contribution in [0, 0.1) is 17.0 Å². The van der Waals surface area contributed by atoms with E-state index in [0.717, 1.165) is 5.56 Å². The van der Waals surface area contributed by atoms with E-state index in [-0.39, 0.29) is 41.5 Å². The maximum absolute atomic E-state index is 12.4. The summed E-state index contributed by atoms with van der Waals surface area (Å²) in [5, 5.41) is 11.1. The molecule has 0 radical (unpaired) electrons. The van der Waals surface area contributed by atoms with Gasteiger partial charge in [0.15, 0.2) is 22.2 Å². The fourth-order valence-electron chi connectivity index (χ4n) is 3.52. The number of nitro benzene ring substituents is 1. The van der Waals surface area contributed by atoms with E-state index < -0.39 is 14.8 Å². The Morgan fingerprint density at radius 3 is 2.59 bits per heavy atom. The van der Waals surface area contributed by atoms with Gasteiger partial charge in [-0.1, -0.05) is 6.07 Å². The van der Waals surface area contributed by atoms with E-state index in [4.69, 9.17) is 4.74 Å². The van der Waals surface area contributed by atoms with Crippen molar-refractivity contribution in [3.8, 4) is 5.75 Å². The molecule has 2 fully saturated rings. The van der Waals surface area contributed by atoms with E-state index in [1.54, 1.807) is 24.0 Å². The Hall–Kier alpha value is -2.20. The molecule has 0 aliphatic carbocycles. The zero-order valence-electron chi connectivity index (χ0n) is 15.2. The molecule has 3 rings (SSSR count). The summed E-state index contributed by atoms with van der Waals surface area (Å²) in [6, 6.07) is 4.57. The predicted molar refractivity (Wildman–Crippen MR) is 98.5 cm³/mol. The molecule has 2 aliphatic heterocycles. The minimum atomic E-state index is -2.93. The van der Waals surface area contributed by atoms with Crippen molar-refractivity contribution in [1.82, 2.24) is 9.80 Å². The molecular weight excluding hydrogens is 374 g/mol. The number of benzene rings is 1. The number of nitro groups is 1. The van der Waals surface area contributed by atoms with Gasteiger partial charge in [0, 0.05) is 38.3 Å². The molecule has 9 nitrogen and oxygen atoms in total. The third kappa shape index (κ3) is 4.75. The van der Waals surface area contributed by atoms with Crippen molar-refractivity contribution < 1.29 is 22.9 Å². The topological polar surface area (TPSA) is 110 Å². The van der Waals surface area contributed by atoms with E-state index in [9.17, 15) is 23.3 Å². The number of hydrogen-bond donors (Lipinski definition) is 0.